The molecule has 0 saturated carbocycles. The fraction of sp³-hybridized carbons (Fsp3) is 0.364. The molecule has 0 saturated heterocycles. The van der Waals surface area contributed by atoms with Gasteiger partial charge in [-0.1, -0.05) is 42.5 Å². The molecule has 10 heteroatoms. The predicted octanol–water partition coefficient (Wildman–Crippen LogP) is 4.01. The Hall–Kier alpha value is -2.50. The molecule has 0 heterocycles. The quantitative estimate of drug-likeness (QED) is 0.232. The molecule has 6 nitrogen and oxygen atoms in total. The molecule has 0 aromatic heterocycles. The fourth-order valence-electron chi connectivity index (χ4n) is 2.55. The van der Waals surface area contributed by atoms with Crippen LogP contribution in [0.15, 0.2) is 59.6 Å². The van der Waals surface area contributed by atoms with Gasteiger partial charge in [0, 0.05) is 26.1 Å². The molecular formula is C22H28F3IN4O2. The van der Waals surface area contributed by atoms with E-state index < -0.39 is 12.8 Å². The number of carbonyl (C=O) groups excluding carboxylic acids is 1. The van der Waals surface area contributed by atoms with Gasteiger partial charge in [0.25, 0.3) is 0 Å². The normalized spacial score (nSPS) is 11.3. The molecule has 0 radical (unpaired) electrons. The van der Waals surface area contributed by atoms with E-state index in [-0.39, 0.29) is 35.6 Å². The number of hydrogen-bond acceptors (Lipinski definition) is 3. The maximum Gasteiger partial charge on any atom is 0.422 e. The lowest BCUT2D eigenvalue weighted by atomic mass is 10.2. The summed E-state index contributed by atoms with van der Waals surface area (Å²) in [5.74, 6) is 0.633. The lowest BCUT2D eigenvalue weighted by Gasteiger charge is -2.12. The Morgan fingerprint density at radius 3 is 2.28 bits per heavy atom. The third-order valence-corrected chi connectivity index (χ3v) is 4.07. The number of halogens is 4. The van der Waals surface area contributed by atoms with Crippen LogP contribution >= 0.6 is 24.0 Å². The fourth-order valence-corrected chi connectivity index (χ4v) is 2.55. The Balaban J connectivity index is 0.00000512. The van der Waals surface area contributed by atoms with Crippen LogP contribution in [0.2, 0.25) is 0 Å². The van der Waals surface area contributed by atoms with Gasteiger partial charge in [-0.2, -0.15) is 13.2 Å². The van der Waals surface area contributed by atoms with Gasteiger partial charge < -0.3 is 20.7 Å². The average molecular weight is 564 g/mol. The first-order valence-electron chi connectivity index (χ1n) is 9.97. The van der Waals surface area contributed by atoms with E-state index in [4.69, 9.17) is 0 Å². The van der Waals surface area contributed by atoms with Gasteiger partial charge >= 0.3 is 6.18 Å². The van der Waals surface area contributed by atoms with Gasteiger partial charge in [0.2, 0.25) is 5.91 Å². The largest absolute Gasteiger partial charge is 0.484 e. The lowest BCUT2D eigenvalue weighted by molar-refractivity contribution is -0.153. The Morgan fingerprint density at radius 1 is 0.969 bits per heavy atom. The van der Waals surface area contributed by atoms with E-state index in [1.807, 2.05) is 37.3 Å². The summed E-state index contributed by atoms with van der Waals surface area (Å²) < 4.78 is 41.3. The highest BCUT2D eigenvalue weighted by molar-refractivity contribution is 14.0. The number of hydrogen-bond donors (Lipinski definition) is 3. The second-order valence-electron chi connectivity index (χ2n) is 6.68. The van der Waals surface area contributed by atoms with Crippen LogP contribution in [0, 0.1) is 0 Å². The first-order valence-corrected chi connectivity index (χ1v) is 9.97. The molecule has 32 heavy (non-hydrogen) atoms. The zero-order valence-electron chi connectivity index (χ0n) is 17.7. The number of nitrogens with one attached hydrogen (secondary N) is 3. The van der Waals surface area contributed by atoms with Crippen LogP contribution in [-0.2, 0) is 17.9 Å². The highest BCUT2D eigenvalue weighted by Gasteiger charge is 2.28. The van der Waals surface area contributed by atoms with Crippen molar-refractivity contribution >= 4 is 35.8 Å². The van der Waals surface area contributed by atoms with E-state index in [2.05, 4.69) is 25.7 Å². The van der Waals surface area contributed by atoms with Crippen molar-refractivity contribution < 1.29 is 22.7 Å². The van der Waals surface area contributed by atoms with Crippen molar-refractivity contribution in [2.24, 2.45) is 4.99 Å². The molecule has 0 spiro atoms. The number of ether oxygens (including phenoxy) is 1. The monoisotopic (exact) mass is 564 g/mol. The van der Waals surface area contributed by atoms with E-state index in [1.54, 1.807) is 12.1 Å². The van der Waals surface area contributed by atoms with Gasteiger partial charge in [-0.15, -0.1) is 24.0 Å². The van der Waals surface area contributed by atoms with Crippen molar-refractivity contribution in [1.82, 2.24) is 16.0 Å². The molecule has 2 aromatic carbocycles. The highest BCUT2D eigenvalue weighted by atomic mass is 127. The maximum absolute atomic E-state index is 12.2. The van der Waals surface area contributed by atoms with Crippen molar-refractivity contribution in [3.8, 4) is 5.75 Å². The van der Waals surface area contributed by atoms with Crippen LogP contribution < -0.4 is 20.7 Å². The van der Waals surface area contributed by atoms with Gasteiger partial charge in [0.1, 0.15) is 5.75 Å². The minimum absolute atomic E-state index is 0. The van der Waals surface area contributed by atoms with Gasteiger partial charge in [0.15, 0.2) is 12.6 Å². The number of alkyl halides is 3. The Kier molecular flexibility index (Phi) is 12.5. The average Bonchev–Trinajstić information content (AvgIpc) is 2.75. The van der Waals surface area contributed by atoms with Crippen LogP contribution in [-0.4, -0.2) is 37.7 Å². The summed E-state index contributed by atoms with van der Waals surface area (Å²) in [5.41, 5.74) is 1.85. The van der Waals surface area contributed by atoms with Crippen molar-refractivity contribution in [3.63, 3.8) is 0 Å². The lowest BCUT2D eigenvalue weighted by Crippen LogP contribution is -2.39. The van der Waals surface area contributed by atoms with Crippen LogP contribution in [0.4, 0.5) is 13.2 Å². The summed E-state index contributed by atoms with van der Waals surface area (Å²) >= 11 is 0. The second-order valence-corrected chi connectivity index (χ2v) is 6.68. The van der Waals surface area contributed by atoms with E-state index in [0.717, 1.165) is 11.1 Å². The molecule has 0 fully saturated rings. The number of nitrogens with zero attached hydrogens (tertiary/aromatic N) is 1. The third kappa shape index (κ3) is 11.8. The molecule has 2 aromatic rings. The summed E-state index contributed by atoms with van der Waals surface area (Å²) in [6, 6.07) is 15.9. The molecular weight excluding hydrogens is 536 g/mol. The number of guanidine groups is 1. The summed E-state index contributed by atoms with van der Waals surface area (Å²) in [6.07, 6.45) is -4.07. The van der Waals surface area contributed by atoms with Crippen LogP contribution in [0.1, 0.15) is 24.5 Å². The number of rotatable bonds is 10. The van der Waals surface area contributed by atoms with Crippen LogP contribution in [0.5, 0.6) is 5.75 Å². The Morgan fingerprint density at radius 2 is 1.66 bits per heavy atom. The zero-order chi connectivity index (χ0) is 22.5. The van der Waals surface area contributed by atoms with Crippen LogP contribution in [0.3, 0.4) is 0 Å². The first-order chi connectivity index (χ1) is 14.9. The van der Waals surface area contributed by atoms with Crippen molar-refractivity contribution in [2.45, 2.75) is 32.6 Å². The molecule has 0 bridgehead atoms. The SMILES string of the molecule is CCNC(=NCc1ccc(OCC(F)(F)F)cc1)NCCC(=O)NCc1ccccc1.I. The molecule has 0 aliphatic rings. The van der Waals surface area contributed by atoms with Gasteiger partial charge in [-0.05, 0) is 30.2 Å². The minimum Gasteiger partial charge on any atom is -0.484 e. The number of carbonyl (C=O) groups is 1. The maximum atomic E-state index is 12.2. The zero-order valence-corrected chi connectivity index (χ0v) is 20.1. The third-order valence-electron chi connectivity index (χ3n) is 4.07. The first kappa shape index (κ1) is 27.5. The molecule has 2 rings (SSSR count). The van der Waals surface area contributed by atoms with Gasteiger partial charge in [0.05, 0.1) is 6.54 Å². The minimum atomic E-state index is -4.37. The van der Waals surface area contributed by atoms with Crippen molar-refractivity contribution in [2.75, 3.05) is 19.7 Å². The summed E-state index contributed by atoms with van der Waals surface area (Å²) in [5, 5.41) is 9.05. The van der Waals surface area contributed by atoms with E-state index in [1.165, 1.54) is 12.1 Å². The smallest absolute Gasteiger partial charge is 0.422 e. The van der Waals surface area contributed by atoms with E-state index in [9.17, 15) is 18.0 Å². The van der Waals surface area contributed by atoms with Crippen LogP contribution in [0.25, 0.3) is 0 Å². The number of aliphatic imine (C=N–C) groups is 1. The predicted molar refractivity (Wildman–Crippen MR) is 129 cm³/mol. The number of benzene rings is 2. The van der Waals surface area contributed by atoms with Crippen molar-refractivity contribution in [1.29, 1.82) is 0 Å². The Bertz CT molecular complexity index is 831. The molecule has 0 aliphatic carbocycles. The molecule has 1 amide bonds. The molecule has 176 valence electrons. The molecule has 0 atom stereocenters. The van der Waals surface area contributed by atoms with E-state index >= 15 is 0 Å². The van der Waals surface area contributed by atoms with Crippen molar-refractivity contribution in [3.05, 3.63) is 65.7 Å². The summed E-state index contributed by atoms with van der Waals surface area (Å²) in [4.78, 5) is 16.4. The summed E-state index contributed by atoms with van der Waals surface area (Å²) in [6.45, 7) is 2.48. The van der Waals surface area contributed by atoms with Gasteiger partial charge in [-0.3, -0.25) is 4.79 Å². The Labute approximate surface area is 203 Å². The molecule has 0 aliphatic heterocycles. The second kappa shape index (κ2) is 14.5. The highest BCUT2D eigenvalue weighted by Crippen LogP contribution is 2.19. The molecule has 3 N–H and O–H groups in total. The topological polar surface area (TPSA) is 74.8 Å². The van der Waals surface area contributed by atoms with Gasteiger partial charge in [-0.25, -0.2) is 4.99 Å². The molecule has 0 unspecified atom stereocenters. The van der Waals surface area contributed by atoms with E-state index in [0.29, 0.717) is 38.6 Å². The summed E-state index contributed by atoms with van der Waals surface area (Å²) in [7, 11) is 0. The number of amides is 1. The standard InChI is InChI=1S/C22H27F3N4O2.HI/c1-2-26-21(27-13-12-20(30)28-14-17-6-4-3-5-7-17)29-15-18-8-10-19(11-9-18)31-16-22(23,24)25;/h3-11H,2,12-16H2,1H3,(H,28,30)(H2,26,27,29);1H.